The molecule has 0 amide bonds. The Morgan fingerprint density at radius 3 is 2.70 bits per heavy atom. The van der Waals surface area contributed by atoms with Gasteiger partial charge in [-0.1, -0.05) is 29.8 Å². The third kappa shape index (κ3) is 6.84. The highest BCUT2D eigenvalue weighted by molar-refractivity contribution is 14.0. The fourth-order valence-corrected chi connectivity index (χ4v) is 4.46. The lowest BCUT2D eigenvalue weighted by Crippen LogP contribution is -2.40. The lowest BCUT2D eigenvalue weighted by atomic mass is 10.1. The van der Waals surface area contributed by atoms with Crippen molar-refractivity contribution in [2.24, 2.45) is 10.9 Å². The van der Waals surface area contributed by atoms with Crippen LogP contribution in [-0.2, 0) is 16.4 Å². The number of nitrogens with one attached hydrogen (secondary N) is 2. The molecule has 23 heavy (non-hydrogen) atoms. The van der Waals surface area contributed by atoms with Crippen LogP contribution in [0.4, 0.5) is 0 Å². The molecular formula is C15H23ClIN3O2S. The van der Waals surface area contributed by atoms with Crippen LogP contribution in [-0.4, -0.2) is 39.0 Å². The van der Waals surface area contributed by atoms with E-state index in [9.17, 15) is 8.42 Å². The number of nitrogens with zero attached hydrogens (tertiary/aromatic N) is 1. The molecule has 0 aliphatic carbocycles. The van der Waals surface area contributed by atoms with Crippen molar-refractivity contribution in [2.75, 3.05) is 24.6 Å². The normalized spacial score (nSPS) is 19.9. The molecule has 1 atom stereocenters. The van der Waals surface area contributed by atoms with E-state index in [2.05, 4.69) is 15.6 Å². The van der Waals surface area contributed by atoms with Crippen LogP contribution < -0.4 is 10.6 Å². The second-order valence-electron chi connectivity index (χ2n) is 5.44. The second-order valence-corrected chi connectivity index (χ2v) is 8.07. The molecule has 1 unspecified atom stereocenters. The molecule has 5 nitrogen and oxygen atoms in total. The van der Waals surface area contributed by atoms with Crippen LogP contribution in [0.3, 0.4) is 0 Å². The molecule has 2 N–H and O–H groups in total. The monoisotopic (exact) mass is 471 g/mol. The molecule has 130 valence electrons. The molecule has 1 aromatic rings. The molecule has 1 fully saturated rings. The number of hydrogen-bond acceptors (Lipinski definition) is 3. The average Bonchev–Trinajstić information content (AvgIpc) is 2.83. The fraction of sp³-hybridized carbons (Fsp3) is 0.533. The Labute approximate surface area is 160 Å². The fourth-order valence-electron chi connectivity index (χ4n) is 2.41. The zero-order valence-corrected chi connectivity index (χ0v) is 17.0. The van der Waals surface area contributed by atoms with Crippen molar-refractivity contribution >= 4 is 51.4 Å². The van der Waals surface area contributed by atoms with Crippen molar-refractivity contribution in [3.8, 4) is 0 Å². The summed E-state index contributed by atoms with van der Waals surface area (Å²) in [6.45, 7) is 3.84. The van der Waals surface area contributed by atoms with E-state index in [0.29, 0.717) is 29.8 Å². The maximum Gasteiger partial charge on any atom is 0.191 e. The summed E-state index contributed by atoms with van der Waals surface area (Å²) < 4.78 is 22.9. The van der Waals surface area contributed by atoms with E-state index in [1.165, 1.54) is 0 Å². The van der Waals surface area contributed by atoms with Gasteiger partial charge in [-0.15, -0.1) is 24.0 Å². The van der Waals surface area contributed by atoms with E-state index in [1.807, 2.05) is 31.2 Å². The number of sulfone groups is 1. The van der Waals surface area contributed by atoms with Gasteiger partial charge in [0.05, 0.1) is 18.1 Å². The highest BCUT2D eigenvalue weighted by Crippen LogP contribution is 2.17. The molecule has 2 rings (SSSR count). The molecular weight excluding hydrogens is 449 g/mol. The SMILES string of the molecule is CCNC(=NCc1ccccc1Cl)NCC1CCS(=O)(=O)C1.I. The smallest absolute Gasteiger partial charge is 0.191 e. The Kier molecular flexibility index (Phi) is 8.63. The minimum atomic E-state index is -2.83. The van der Waals surface area contributed by atoms with Gasteiger partial charge in [0.2, 0.25) is 0 Å². The van der Waals surface area contributed by atoms with Gasteiger partial charge in [-0.2, -0.15) is 0 Å². The topological polar surface area (TPSA) is 70.6 Å². The quantitative estimate of drug-likeness (QED) is 0.393. The van der Waals surface area contributed by atoms with Crippen LogP contribution in [0.25, 0.3) is 0 Å². The highest BCUT2D eigenvalue weighted by atomic mass is 127. The predicted octanol–water partition coefficient (Wildman–Crippen LogP) is 2.45. The number of halogens is 2. The van der Waals surface area contributed by atoms with E-state index in [4.69, 9.17) is 11.6 Å². The van der Waals surface area contributed by atoms with Gasteiger partial charge < -0.3 is 10.6 Å². The van der Waals surface area contributed by atoms with Crippen molar-refractivity contribution in [3.63, 3.8) is 0 Å². The Balaban J connectivity index is 0.00000264. The molecule has 1 aliphatic heterocycles. The van der Waals surface area contributed by atoms with Gasteiger partial charge in [0, 0.05) is 18.1 Å². The van der Waals surface area contributed by atoms with Gasteiger partial charge in [-0.05, 0) is 30.9 Å². The molecule has 1 heterocycles. The van der Waals surface area contributed by atoms with Crippen LogP contribution >= 0.6 is 35.6 Å². The zero-order valence-electron chi connectivity index (χ0n) is 13.1. The number of hydrogen-bond donors (Lipinski definition) is 2. The van der Waals surface area contributed by atoms with Gasteiger partial charge in [-0.3, -0.25) is 0 Å². The molecule has 0 bridgehead atoms. The summed E-state index contributed by atoms with van der Waals surface area (Å²) in [5.41, 5.74) is 0.963. The molecule has 0 spiro atoms. The molecule has 0 saturated carbocycles. The number of rotatable bonds is 5. The first kappa shape index (κ1) is 20.5. The van der Waals surface area contributed by atoms with E-state index < -0.39 is 9.84 Å². The largest absolute Gasteiger partial charge is 0.357 e. The summed E-state index contributed by atoms with van der Waals surface area (Å²) in [5.74, 6) is 1.41. The minimum Gasteiger partial charge on any atom is -0.357 e. The van der Waals surface area contributed by atoms with Crippen molar-refractivity contribution in [1.82, 2.24) is 10.6 Å². The summed E-state index contributed by atoms with van der Waals surface area (Å²) in [6, 6.07) is 7.61. The number of benzene rings is 1. The van der Waals surface area contributed by atoms with E-state index in [0.717, 1.165) is 18.5 Å². The maximum atomic E-state index is 11.5. The summed E-state index contributed by atoms with van der Waals surface area (Å²) in [6.07, 6.45) is 0.721. The molecule has 0 aromatic heterocycles. The third-order valence-electron chi connectivity index (χ3n) is 3.59. The predicted molar refractivity (Wildman–Crippen MR) is 106 cm³/mol. The van der Waals surface area contributed by atoms with E-state index in [-0.39, 0.29) is 35.6 Å². The van der Waals surface area contributed by atoms with Crippen molar-refractivity contribution < 1.29 is 8.42 Å². The molecule has 8 heteroatoms. The van der Waals surface area contributed by atoms with Gasteiger partial charge in [0.25, 0.3) is 0 Å². The zero-order chi connectivity index (χ0) is 16.0. The van der Waals surface area contributed by atoms with Crippen LogP contribution in [0.1, 0.15) is 18.9 Å². The summed E-state index contributed by atoms with van der Waals surface area (Å²) >= 11 is 6.12. The number of guanidine groups is 1. The second kappa shape index (κ2) is 9.68. The van der Waals surface area contributed by atoms with E-state index in [1.54, 1.807) is 0 Å². The minimum absolute atomic E-state index is 0. The van der Waals surface area contributed by atoms with Crippen molar-refractivity contribution in [3.05, 3.63) is 34.9 Å². The Bertz CT molecular complexity index is 637. The van der Waals surface area contributed by atoms with Crippen LogP contribution in [0.5, 0.6) is 0 Å². The molecule has 1 saturated heterocycles. The van der Waals surface area contributed by atoms with Crippen LogP contribution in [0, 0.1) is 5.92 Å². The lowest BCUT2D eigenvalue weighted by Gasteiger charge is -2.14. The Morgan fingerprint density at radius 1 is 1.35 bits per heavy atom. The van der Waals surface area contributed by atoms with Crippen LogP contribution in [0.2, 0.25) is 5.02 Å². The highest BCUT2D eigenvalue weighted by Gasteiger charge is 2.27. The lowest BCUT2D eigenvalue weighted by molar-refractivity contribution is 0.567. The first-order valence-corrected chi connectivity index (χ1v) is 9.66. The summed E-state index contributed by atoms with van der Waals surface area (Å²) in [5, 5.41) is 7.08. The summed E-state index contributed by atoms with van der Waals surface area (Å²) in [4.78, 5) is 4.50. The Hall–Kier alpha value is -0.540. The summed E-state index contributed by atoms with van der Waals surface area (Å²) in [7, 11) is -2.83. The van der Waals surface area contributed by atoms with Gasteiger partial charge >= 0.3 is 0 Å². The van der Waals surface area contributed by atoms with Gasteiger partial charge in [-0.25, -0.2) is 13.4 Å². The molecule has 1 aromatic carbocycles. The first-order chi connectivity index (χ1) is 10.5. The maximum absolute atomic E-state index is 11.5. The van der Waals surface area contributed by atoms with Crippen molar-refractivity contribution in [1.29, 1.82) is 0 Å². The third-order valence-corrected chi connectivity index (χ3v) is 5.80. The average molecular weight is 472 g/mol. The molecule has 0 radical (unpaired) electrons. The van der Waals surface area contributed by atoms with Gasteiger partial charge in [0.15, 0.2) is 15.8 Å². The van der Waals surface area contributed by atoms with Crippen LogP contribution in [0.15, 0.2) is 29.3 Å². The van der Waals surface area contributed by atoms with Crippen molar-refractivity contribution in [2.45, 2.75) is 19.9 Å². The van der Waals surface area contributed by atoms with Gasteiger partial charge in [0.1, 0.15) is 0 Å². The van der Waals surface area contributed by atoms with E-state index >= 15 is 0 Å². The Morgan fingerprint density at radius 2 is 2.09 bits per heavy atom. The molecule has 1 aliphatic rings. The number of aliphatic imine (C=N–C) groups is 1. The standard InChI is InChI=1S/C15H22ClN3O2S.HI/c1-2-17-15(18-9-12-7-8-22(20,21)11-12)19-10-13-5-3-4-6-14(13)16;/h3-6,12H,2,7-11H2,1H3,(H2,17,18,19);1H. The first-order valence-electron chi connectivity index (χ1n) is 7.46.